The van der Waals surface area contributed by atoms with Crippen LogP contribution in [0, 0.1) is 5.82 Å². The molecular weight excluding hydrogens is 387 g/mol. The Morgan fingerprint density at radius 3 is 2.52 bits per heavy atom. The summed E-state index contributed by atoms with van der Waals surface area (Å²) in [6.07, 6.45) is 0. The summed E-state index contributed by atoms with van der Waals surface area (Å²) in [5, 5.41) is 12.2. The van der Waals surface area contributed by atoms with Gasteiger partial charge in [-0.05, 0) is 48.9 Å². The molecule has 3 rings (SSSR count). The zero-order valence-corrected chi connectivity index (χ0v) is 16.4. The zero-order valence-electron chi connectivity index (χ0n) is 14.8. The second-order valence-corrected chi connectivity index (χ2v) is 7.72. The first-order chi connectivity index (χ1) is 12.9. The second kappa shape index (κ2) is 8.54. The van der Waals surface area contributed by atoms with E-state index in [0.717, 1.165) is 11.1 Å². The quantitative estimate of drug-likeness (QED) is 0.629. The molecule has 1 heterocycles. The predicted molar refractivity (Wildman–Crippen MR) is 105 cm³/mol. The average molecular weight is 405 g/mol. The lowest BCUT2D eigenvalue weighted by molar-refractivity contribution is -0.120. The minimum Gasteiger partial charge on any atom is -0.351 e. The van der Waals surface area contributed by atoms with E-state index in [1.807, 2.05) is 23.7 Å². The largest absolute Gasteiger partial charge is 0.351 e. The van der Waals surface area contributed by atoms with Crippen LogP contribution in [-0.2, 0) is 18.4 Å². The van der Waals surface area contributed by atoms with Crippen LogP contribution in [0.1, 0.15) is 12.5 Å². The van der Waals surface area contributed by atoms with Crippen molar-refractivity contribution >= 4 is 29.3 Å². The summed E-state index contributed by atoms with van der Waals surface area (Å²) in [7, 11) is 1.86. The van der Waals surface area contributed by atoms with E-state index in [1.54, 1.807) is 31.2 Å². The van der Waals surface area contributed by atoms with E-state index in [1.165, 1.54) is 23.9 Å². The van der Waals surface area contributed by atoms with Crippen LogP contribution >= 0.6 is 23.4 Å². The number of halogens is 2. The smallest absolute Gasteiger partial charge is 0.233 e. The van der Waals surface area contributed by atoms with E-state index in [9.17, 15) is 9.18 Å². The van der Waals surface area contributed by atoms with Gasteiger partial charge in [-0.25, -0.2) is 4.39 Å². The number of amides is 1. The monoisotopic (exact) mass is 404 g/mol. The Bertz CT molecular complexity index is 928. The maximum absolute atomic E-state index is 12.9. The van der Waals surface area contributed by atoms with Crippen LogP contribution in [0.2, 0.25) is 5.02 Å². The molecule has 0 radical (unpaired) electrons. The molecule has 0 aliphatic carbocycles. The first kappa shape index (κ1) is 19.4. The highest BCUT2D eigenvalue weighted by Crippen LogP contribution is 2.26. The van der Waals surface area contributed by atoms with Crippen molar-refractivity contribution in [3.05, 3.63) is 64.9 Å². The van der Waals surface area contributed by atoms with Crippen molar-refractivity contribution in [1.82, 2.24) is 20.1 Å². The predicted octanol–water partition coefficient (Wildman–Crippen LogP) is 4.07. The van der Waals surface area contributed by atoms with E-state index < -0.39 is 0 Å². The molecule has 1 unspecified atom stereocenters. The van der Waals surface area contributed by atoms with Crippen molar-refractivity contribution in [3.63, 3.8) is 0 Å². The Morgan fingerprint density at radius 2 is 1.85 bits per heavy atom. The van der Waals surface area contributed by atoms with Crippen LogP contribution in [0.25, 0.3) is 11.4 Å². The van der Waals surface area contributed by atoms with Gasteiger partial charge >= 0.3 is 0 Å². The fraction of sp³-hybridized carbons (Fsp3) is 0.211. The van der Waals surface area contributed by atoms with E-state index in [-0.39, 0.29) is 17.0 Å². The molecular formula is C19H18ClFN4OS. The lowest BCUT2D eigenvalue weighted by atomic mass is 10.2. The average Bonchev–Trinajstić information content (AvgIpc) is 3.02. The van der Waals surface area contributed by atoms with Gasteiger partial charge in [0.05, 0.1) is 5.25 Å². The fourth-order valence-corrected chi connectivity index (χ4v) is 3.38. The molecule has 1 atom stereocenters. The molecule has 8 heteroatoms. The minimum absolute atomic E-state index is 0.125. The molecule has 1 aromatic heterocycles. The van der Waals surface area contributed by atoms with Gasteiger partial charge in [0.15, 0.2) is 11.0 Å². The first-order valence-electron chi connectivity index (χ1n) is 8.28. The molecule has 0 saturated heterocycles. The van der Waals surface area contributed by atoms with Crippen LogP contribution in [0.5, 0.6) is 0 Å². The Labute approximate surface area is 166 Å². The number of hydrogen-bond donors (Lipinski definition) is 1. The third-order valence-corrected chi connectivity index (χ3v) is 5.35. The highest BCUT2D eigenvalue weighted by Gasteiger charge is 2.19. The van der Waals surface area contributed by atoms with Crippen molar-refractivity contribution in [3.8, 4) is 11.4 Å². The van der Waals surface area contributed by atoms with E-state index in [4.69, 9.17) is 11.6 Å². The molecule has 27 heavy (non-hydrogen) atoms. The summed E-state index contributed by atoms with van der Waals surface area (Å²) in [5.74, 6) is 0.279. The second-order valence-electron chi connectivity index (χ2n) is 5.98. The molecule has 0 spiro atoms. The van der Waals surface area contributed by atoms with Crippen LogP contribution in [-0.4, -0.2) is 25.9 Å². The van der Waals surface area contributed by atoms with Gasteiger partial charge < -0.3 is 9.88 Å². The number of carbonyl (C=O) groups is 1. The van der Waals surface area contributed by atoms with Gasteiger partial charge in [-0.1, -0.05) is 35.5 Å². The number of nitrogens with zero attached hydrogens (tertiary/aromatic N) is 3. The van der Waals surface area contributed by atoms with Gasteiger partial charge in [-0.15, -0.1) is 10.2 Å². The molecule has 0 bridgehead atoms. The summed E-state index contributed by atoms with van der Waals surface area (Å²) < 4.78 is 14.8. The highest BCUT2D eigenvalue weighted by atomic mass is 35.5. The summed E-state index contributed by atoms with van der Waals surface area (Å²) in [5.41, 5.74) is 1.74. The topological polar surface area (TPSA) is 59.8 Å². The lowest BCUT2D eigenvalue weighted by Crippen LogP contribution is -2.30. The van der Waals surface area contributed by atoms with Gasteiger partial charge in [-0.2, -0.15) is 0 Å². The van der Waals surface area contributed by atoms with Crippen LogP contribution in [0.15, 0.2) is 53.7 Å². The van der Waals surface area contributed by atoms with E-state index in [2.05, 4.69) is 15.5 Å². The lowest BCUT2D eigenvalue weighted by Gasteiger charge is -2.12. The van der Waals surface area contributed by atoms with E-state index in [0.29, 0.717) is 22.5 Å². The molecule has 140 valence electrons. The van der Waals surface area contributed by atoms with Crippen molar-refractivity contribution in [2.45, 2.75) is 23.9 Å². The van der Waals surface area contributed by atoms with Crippen LogP contribution < -0.4 is 5.32 Å². The normalized spacial score (nSPS) is 12.0. The van der Waals surface area contributed by atoms with Crippen molar-refractivity contribution < 1.29 is 9.18 Å². The Hall–Kier alpha value is -2.38. The Balaban J connectivity index is 1.61. The fourth-order valence-electron chi connectivity index (χ4n) is 2.41. The number of benzene rings is 2. The molecule has 0 fully saturated rings. The Kier molecular flexibility index (Phi) is 6.13. The number of nitrogens with one attached hydrogen (secondary N) is 1. The number of rotatable bonds is 6. The number of carbonyl (C=O) groups excluding carboxylic acids is 1. The summed E-state index contributed by atoms with van der Waals surface area (Å²) in [6, 6.07) is 13.4. The van der Waals surface area contributed by atoms with Gasteiger partial charge in [0, 0.05) is 24.2 Å². The van der Waals surface area contributed by atoms with Crippen molar-refractivity contribution in [2.24, 2.45) is 7.05 Å². The molecule has 1 N–H and O–H groups in total. The maximum Gasteiger partial charge on any atom is 0.233 e. The van der Waals surface area contributed by atoms with Crippen LogP contribution in [0.4, 0.5) is 4.39 Å². The van der Waals surface area contributed by atoms with E-state index >= 15 is 0 Å². The van der Waals surface area contributed by atoms with Gasteiger partial charge in [0.2, 0.25) is 5.91 Å². The summed E-state index contributed by atoms with van der Waals surface area (Å²) in [6.45, 7) is 2.15. The highest BCUT2D eigenvalue weighted by molar-refractivity contribution is 8.00. The molecule has 1 amide bonds. The number of aromatic nitrogens is 3. The third kappa shape index (κ3) is 4.87. The molecule has 3 aromatic rings. The standard InChI is InChI=1S/C19H18ClFN4OS/c1-12(18(26)22-11-13-3-9-16(21)10-4-13)27-19-24-23-17(25(19)2)14-5-7-15(20)8-6-14/h3-10,12H,11H2,1-2H3,(H,22,26). The molecule has 2 aromatic carbocycles. The Morgan fingerprint density at radius 1 is 1.19 bits per heavy atom. The SMILES string of the molecule is CC(Sc1nnc(-c2ccc(Cl)cc2)n1C)C(=O)NCc1ccc(F)cc1. The minimum atomic E-state index is -0.355. The van der Waals surface area contributed by atoms with Gasteiger partial charge in [0.1, 0.15) is 5.82 Å². The molecule has 0 saturated carbocycles. The number of hydrogen-bond acceptors (Lipinski definition) is 4. The molecule has 0 aliphatic rings. The molecule has 5 nitrogen and oxygen atoms in total. The van der Waals surface area contributed by atoms with Gasteiger partial charge in [0.25, 0.3) is 0 Å². The first-order valence-corrected chi connectivity index (χ1v) is 9.54. The van der Waals surface area contributed by atoms with Crippen LogP contribution in [0.3, 0.4) is 0 Å². The van der Waals surface area contributed by atoms with Crippen molar-refractivity contribution in [2.75, 3.05) is 0 Å². The maximum atomic E-state index is 12.9. The van der Waals surface area contributed by atoms with Gasteiger partial charge in [-0.3, -0.25) is 4.79 Å². The molecule has 0 aliphatic heterocycles. The third-order valence-electron chi connectivity index (χ3n) is 3.97. The zero-order chi connectivity index (χ0) is 19.4. The van der Waals surface area contributed by atoms with Crippen molar-refractivity contribution in [1.29, 1.82) is 0 Å². The summed E-state index contributed by atoms with van der Waals surface area (Å²) >= 11 is 7.25. The summed E-state index contributed by atoms with van der Waals surface area (Å²) in [4.78, 5) is 12.3. The number of thioether (sulfide) groups is 1.